The summed E-state index contributed by atoms with van der Waals surface area (Å²) < 4.78 is 46.8. The molecule has 2 aliphatic heterocycles. The lowest BCUT2D eigenvalue weighted by Crippen LogP contribution is -2.49. The van der Waals surface area contributed by atoms with Crippen LogP contribution in [0.3, 0.4) is 0 Å². The largest absolute Gasteiger partial charge is 0.405 e. The number of urea groups is 1. The van der Waals surface area contributed by atoms with Gasteiger partial charge in [-0.1, -0.05) is 0 Å². The lowest BCUT2D eigenvalue weighted by atomic mass is 9.98. The van der Waals surface area contributed by atoms with Gasteiger partial charge in [0, 0.05) is 19.0 Å². The third-order valence-electron chi connectivity index (χ3n) is 3.22. The Hall–Kier alpha value is -1.02. The van der Waals surface area contributed by atoms with E-state index >= 15 is 0 Å². The fourth-order valence-electron chi connectivity index (χ4n) is 2.35. The Morgan fingerprint density at radius 1 is 1.32 bits per heavy atom. The topological polar surface area (TPSA) is 50.8 Å². The van der Waals surface area contributed by atoms with Crippen molar-refractivity contribution in [1.82, 2.24) is 10.2 Å². The van der Waals surface area contributed by atoms with Gasteiger partial charge in [-0.15, -0.1) is 0 Å². The second-order valence-electron chi connectivity index (χ2n) is 4.73. The highest BCUT2D eigenvalue weighted by molar-refractivity contribution is 5.74. The smallest absolute Gasteiger partial charge is 0.350 e. The number of hydrogen-bond acceptors (Lipinski definition) is 3. The van der Waals surface area contributed by atoms with Gasteiger partial charge in [0.2, 0.25) is 0 Å². The van der Waals surface area contributed by atoms with Crippen LogP contribution in [0.25, 0.3) is 0 Å². The molecule has 1 atom stereocenters. The summed E-state index contributed by atoms with van der Waals surface area (Å²) in [7, 11) is 0. The predicted molar refractivity (Wildman–Crippen MR) is 59.4 cm³/mol. The highest BCUT2D eigenvalue weighted by Crippen LogP contribution is 2.25. The summed E-state index contributed by atoms with van der Waals surface area (Å²) in [6.07, 6.45) is -3.12. The molecule has 0 radical (unpaired) electrons. The minimum Gasteiger partial charge on any atom is -0.350 e. The zero-order chi connectivity index (χ0) is 13.9. The second-order valence-corrected chi connectivity index (χ2v) is 4.73. The lowest BCUT2D eigenvalue weighted by molar-refractivity contribution is -0.123. The molecule has 2 heterocycles. The number of amides is 2. The first-order chi connectivity index (χ1) is 8.96. The molecule has 2 aliphatic rings. The number of piperidine rings is 1. The van der Waals surface area contributed by atoms with E-state index in [1.54, 1.807) is 0 Å². The Bertz CT molecular complexity index is 319. The van der Waals surface area contributed by atoms with Crippen molar-refractivity contribution in [3.05, 3.63) is 0 Å². The molecule has 0 aromatic heterocycles. The van der Waals surface area contributed by atoms with Crippen molar-refractivity contribution in [3.63, 3.8) is 0 Å². The molecule has 8 heteroatoms. The minimum atomic E-state index is -4.39. The van der Waals surface area contributed by atoms with Gasteiger partial charge < -0.3 is 19.7 Å². The van der Waals surface area contributed by atoms with Crippen LogP contribution in [0.2, 0.25) is 0 Å². The lowest BCUT2D eigenvalue weighted by Gasteiger charge is -2.34. The van der Waals surface area contributed by atoms with Crippen molar-refractivity contribution < 1.29 is 27.4 Å². The van der Waals surface area contributed by atoms with Gasteiger partial charge >= 0.3 is 12.2 Å². The minimum absolute atomic E-state index is 0.0351. The molecule has 5 nitrogen and oxygen atoms in total. The van der Waals surface area contributed by atoms with Gasteiger partial charge in [-0.2, -0.15) is 13.2 Å². The zero-order valence-corrected chi connectivity index (χ0v) is 10.4. The molecular formula is C11H17F3N2O3. The van der Waals surface area contributed by atoms with E-state index in [2.05, 4.69) is 0 Å². The zero-order valence-electron chi connectivity index (χ0n) is 10.4. The van der Waals surface area contributed by atoms with Crippen LogP contribution in [0.5, 0.6) is 0 Å². The average Bonchev–Trinajstić information content (AvgIpc) is 2.89. The number of carbonyl (C=O) groups excluding carboxylic acids is 1. The van der Waals surface area contributed by atoms with Crippen molar-refractivity contribution >= 4 is 6.03 Å². The molecule has 110 valence electrons. The van der Waals surface area contributed by atoms with Crippen LogP contribution in [0.1, 0.15) is 12.8 Å². The maximum atomic E-state index is 12.0. The number of halogens is 3. The summed E-state index contributed by atoms with van der Waals surface area (Å²) in [6, 6.07) is -0.681. The highest BCUT2D eigenvalue weighted by atomic mass is 19.4. The molecule has 1 N–H and O–H groups in total. The van der Waals surface area contributed by atoms with E-state index in [0.29, 0.717) is 26.3 Å². The van der Waals surface area contributed by atoms with Gasteiger partial charge in [0.25, 0.3) is 0 Å². The maximum absolute atomic E-state index is 12.0. The van der Waals surface area contributed by atoms with Crippen LogP contribution >= 0.6 is 0 Å². The molecule has 0 bridgehead atoms. The molecule has 0 aliphatic carbocycles. The average molecular weight is 282 g/mol. The first kappa shape index (κ1) is 14.4. The summed E-state index contributed by atoms with van der Waals surface area (Å²) in [6.45, 7) is 0.591. The van der Waals surface area contributed by atoms with Gasteiger partial charge in [0.15, 0.2) is 6.29 Å². The summed E-state index contributed by atoms with van der Waals surface area (Å²) in [5.41, 5.74) is 0. The molecule has 0 aromatic rings. The van der Waals surface area contributed by atoms with E-state index in [1.807, 2.05) is 5.32 Å². The molecule has 19 heavy (non-hydrogen) atoms. The molecule has 0 spiro atoms. The Labute approximate surface area is 109 Å². The standard InChI is InChI=1S/C11H17F3N2O3/c12-11(13,14)7-15-10(17)16-3-1-2-8(6-16)9-18-4-5-19-9/h8-9H,1-7H2,(H,15,17). The number of alkyl halides is 3. The third kappa shape index (κ3) is 4.24. The summed E-state index contributed by atoms with van der Waals surface area (Å²) in [4.78, 5) is 13.0. The molecule has 2 saturated heterocycles. The van der Waals surface area contributed by atoms with Gasteiger partial charge in [-0.25, -0.2) is 4.79 Å². The Kier molecular flexibility index (Phi) is 4.51. The number of hydrogen-bond donors (Lipinski definition) is 1. The van der Waals surface area contributed by atoms with Crippen LogP contribution in [0.4, 0.5) is 18.0 Å². The first-order valence-electron chi connectivity index (χ1n) is 6.28. The maximum Gasteiger partial charge on any atom is 0.405 e. The summed E-state index contributed by atoms with van der Waals surface area (Å²) in [5, 5.41) is 1.88. The summed E-state index contributed by atoms with van der Waals surface area (Å²) in [5.74, 6) is 0.0351. The number of likely N-dealkylation sites (tertiary alicyclic amines) is 1. The van der Waals surface area contributed by atoms with E-state index in [0.717, 1.165) is 12.8 Å². The fraction of sp³-hybridized carbons (Fsp3) is 0.909. The SMILES string of the molecule is O=C(NCC(F)(F)F)N1CCCC(C2OCCO2)C1. The summed E-state index contributed by atoms with van der Waals surface area (Å²) >= 11 is 0. The molecule has 1 unspecified atom stereocenters. The monoisotopic (exact) mass is 282 g/mol. The van der Waals surface area contributed by atoms with Gasteiger partial charge in [0.1, 0.15) is 6.54 Å². The molecule has 2 fully saturated rings. The van der Waals surface area contributed by atoms with E-state index < -0.39 is 18.8 Å². The first-order valence-corrected chi connectivity index (χ1v) is 6.28. The van der Waals surface area contributed by atoms with E-state index in [4.69, 9.17) is 9.47 Å². The van der Waals surface area contributed by atoms with Crippen molar-refractivity contribution in [2.24, 2.45) is 5.92 Å². The van der Waals surface area contributed by atoms with Crippen LogP contribution < -0.4 is 5.32 Å². The number of rotatable bonds is 2. The van der Waals surface area contributed by atoms with Crippen LogP contribution in [-0.2, 0) is 9.47 Å². The molecule has 0 saturated carbocycles. The fourth-order valence-corrected chi connectivity index (χ4v) is 2.35. The van der Waals surface area contributed by atoms with E-state index in [1.165, 1.54) is 4.90 Å². The van der Waals surface area contributed by atoms with Gasteiger partial charge in [0.05, 0.1) is 13.2 Å². The Morgan fingerprint density at radius 2 is 2.00 bits per heavy atom. The normalized spacial score (nSPS) is 25.6. The molecule has 2 amide bonds. The van der Waals surface area contributed by atoms with Gasteiger partial charge in [-0.05, 0) is 12.8 Å². The number of carbonyl (C=O) groups is 1. The second kappa shape index (κ2) is 5.96. The Morgan fingerprint density at radius 3 is 2.63 bits per heavy atom. The number of nitrogens with zero attached hydrogens (tertiary/aromatic N) is 1. The molecule has 0 aromatic carbocycles. The number of ether oxygens (including phenoxy) is 2. The van der Waals surface area contributed by atoms with Gasteiger partial charge in [-0.3, -0.25) is 0 Å². The third-order valence-corrected chi connectivity index (χ3v) is 3.22. The highest BCUT2D eigenvalue weighted by Gasteiger charge is 2.34. The quantitative estimate of drug-likeness (QED) is 0.831. The van der Waals surface area contributed by atoms with Crippen molar-refractivity contribution in [1.29, 1.82) is 0 Å². The predicted octanol–water partition coefficient (Wildman–Crippen LogP) is 1.34. The van der Waals surface area contributed by atoms with Crippen molar-refractivity contribution in [2.75, 3.05) is 32.8 Å². The van der Waals surface area contributed by atoms with Crippen molar-refractivity contribution in [3.8, 4) is 0 Å². The van der Waals surface area contributed by atoms with Crippen LogP contribution in [-0.4, -0.2) is 56.2 Å². The van der Waals surface area contributed by atoms with Crippen LogP contribution in [0.15, 0.2) is 0 Å². The molecular weight excluding hydrogens is 265 g/mol. The van der Waals surface area contributed by atoms with Crippen LogP contribution in [0, 0.1) is 5.92 Å². The van der Waals surface area contributed by atoms with E-state index in [9.17, 15) is 18.0 Å². The number of nitrogens with one attached hydrogen (secondary N) is 1. The van der Waals surface area contributed by atoms with E-state index in [-0.39, 0.29) is 12.2 Å². The van der Waals surface area contributed by atoms with Crippen molar-refractivity contribution in [2.45, 2.75) is 25.3 Å². The Balaban J connectivity index is 1.81. The molecule has 2 rings (SSSR count).